The van der Waals surface area contributed by atoms with Gasteiger partial charge in [-0.2, -0.15) is 0 Å². The maximum Gasteiger partial charge on any atom is 0.341 e. The Labute approximate surface area is 100 Å². The molecule has 1 aromatic rings. The minimum Gasteiger partial charge on any atom is -0.467 e. The lowest BCUT2D eigenvalue weighted by Gasteiger charge is -2.14. The third-order valence-corrected chi connectivity index (χ3v) is 2.99. The number of carbonyl (C=O) groups is 1. The molecule has 17 heavy (non-hydrogen) atoms. The summed E-state index contributed by atoms with van der Waals surface area (Å²) >= 11 is 0. The fourth-order valence-electron chi connectivity index (χ4n) is 1.93. The van der Waals surface area contributed by atoms with Crippen molar-refractivity contribution in [3.8, 4) is 0 Å². The normalized spacial score (nSPS) is 23.9. The molecule has 0 radical (unpaired) electrons. The zero-order valence-electron chi connectivity index (χ0n) is 10.1. The molecule has 5 nitrogen and oxygen atoms in total. The fourth-order valence-corrected chi connectivity index (χ4v) is 1.93. The van der Waals surface area contributed by atoms with Crippen molar-refractivity contribution in [1.29, 1.82) is 0 Å². The van der Waals surface area contributed by atoms with Gasteiger partial charge in [0.15, 0.2) is 0 Å². The summed E-state index contributed by atoms with van der Waals surface area (Å²) in [6, 6.07) is 2.04. The van der Waals surface area contributed by atoms with Gasteiger partial charge in [-0.1, -0.05) is 0 Å². The molecule has 0 aliphatic carbocycles. The first-order valence-electron chi connectivity index (χ1n) is 5.71. The van der Waals surface area contributed by atoms with E-state index in [0.29, 0.717) is 18.2 Å². The van der Waals surface area contributed by atoms with E-state index in [9.17, 15) is 4.79 Å². The van der Waals surface area contributed by atoms with Crippen molar-refractivity contribution < 1.29 is 18.7 Å². The molecular formula is C12H17NO4. The Morgan fingerprint density at radius 1 is 1.65 bits per heavy atom. The molecule has 0 amide bonds. The molecule has 1 saturated heterocycles. The summed E-state index contributed by atoms with van der Waals surface area (Å²) in [6.07, 6.45) is 2.65. The number of esters is 1. The third kappa shape index (κ3) is 2.87. The van der Waals surface area contributed by atoms with Crippen LogP contribution in [0.2, 0.25) is 0 Å². The summed E-state index contributed by atoms with van der Waals surface area (Å²) in [5.41, 5.74) is 0.444. The highest BCUT2D eigenvalue weighted by molar-refractivity contribution is 5.88. The summed E-state index contributed by atoms with van der Waals surface area (Å²) in [7, 11) is 1.35. The molecule has 94 valence electrons. The zero-order chi connectivity index (χ0) is 12.3. The highest BCUT2D eigenvalue weighted by Crippen LogP contribution is 2.14. The van der Waals surface area contributed by atoms with E-state index in [-0.39, 0.29) is 12.1 Å². The Hall–Kier alpha value is -1.33. The Kier molecular flexibility index (Phi) is 3.81. The van der Waals surface area contributed by atoms with Crippen molar-refractivity contribution in [2.45, 2.75) is 32.0 Å². The van der Waals surface area contributed by atoms with Crippen LogP contribution in [0.15, 0.2) is 16.7 Å². The average Bonchev–Trinajstić information content (AvgIpc) is 2.94. The van der Waals surface area contributed by atoms with Gasteiger partial charge >= 0.3 is 5.97 Å². The molecule has 1 aliphatic heterocycles. The smallest absolute Gasteiger partial charge is 0.341 e. The molecule has 2 unspecified atom stereocenters. The highest BCUT2D eigenvalue weighted by atomic mass is 16.5. The van der Waals surface area contributed by atoms with Gasteiger partial charge in [0, 0.05) is 12.6 Å². The molecule has 0 spiro atoms. The molecule has 5 heteroatoms. The lowest BCUT2D eigenvalue weighted by atomic mass is 10.1. The third-order valence-electron chi connectivity index (χ3n) is 2.99. The predicted octanol–water partition coefficient (Wildman–Crippen LogP) is 1.33. The summed E-state index contributed by atoms with van der Waals surface area (Å²) < 4.78 is 15.3. The fraction of sp³-hybridized carbons (Fsp3) is 0.583. The van der Waals surface area contributed by atoms with Crippen LogP contribution in [-0.2, 0) is 16.0 Å². The number of furan rings is 1. The van der Waals surface area contributed by atoms with Crippen molar-refractivity contribution in [2.75, 3.05) is 13.7 Å². The van der Waals surface area contributed by atoms with E-state index in [1.807, 2.05) is 6.92 Å². The highest BCUT2D eigenvalue weighted by Gasteiger charge is 2.23. The van der Waals surface area contributed by atoms with Crippen molar-refractivity contribution in [2.24, 2.45) is 0 Å². The standard InChI is InChI=1S/C12H17NO4/c1-8-11(3-4-16-8)13-6-10-5-9(7-17-10)12(14)15-2/h5,7-8,11,13H,3-4,6H2,1-2H3. The van der Waals surface area contributed by atoms with Crippen LogP contribution in [0, 0.1) is 0 Å². The van der Waals surface area contributed by atoms with Crippen molar-refractivity contribution >= 4 is 5.97 Å². The first-order chi connectivity index (χ1) is 8.20. The molecule has 0 saturated carbocycles. The number of ether oxygens (including phenoxy) is 2. The Balaban J connectivity index is 1.86. The summed E-state index contributed by atoms with van der Waals surface area (Å²) in [5.74, 6) is 0.349. The largest absolute Gasteiger partial charge is 0.467 e. The maximum atomic E-state index is 11.2. The van der Waals surface area contributed by atoms with Gasteiger partial charge in [-0.25, -0.2) is 4.79 Å². The number of hydrogen-bond donors (Lipinski definition) is 1. The lowest BCUT2D eigenvalue weighted by Crippen LogP contribution is -2.33. The minimum atomic E-state index is -0.377. The number of carbonyl (C=O) groups excluding carboxylic acids is 1. The van der Waals surface area contributed by atoms with Gasteiger partial charge in [0.25, 0.3) is 0 Å². The topological polar surface area (TPSA) is 60.7 Å². The first-order valence-corrected chi connectivity index (χ1v) is 5.71. The molecule has 1 aromatic heterocycles. The lowest BCUT2D eigenvalue weighted by molar-refractivity contribution is 0.0600. The van der Waals surface area contributed by atoms with Gasteiger partial charge < -0.3 is 19.2 Å². The van der Waals surface area contributed by atoms with Crippen LogP contribution >= 0.6 is 0 Å². The van der Waals surface area contributed by atoms with E-state index >= 15 is 0 Å². The Morgan fingerprint density at radius 3 is 3.12 bits per heavy atom. The number of methoxy groups -OCH3 is 1. The van der Waals surface area contributed by atoms with Gasteiger partial charge in [0.05, 0.1) is 25.3 Å². The number of nitrogens with one attached hydrogen (secondary N) is 1. The van der Waals surface area contributed by atoms with E-state index in [2.05, 4.69) is 10.1 Å². The van der Waals surface area contributed by atoms with E-state index in [4.69, 9.17) is 9.15 Å². The van der Waals surface area contributed by atoms with Crippen molar-refractivity contribution in [3.05, 3.63) is 23.7 Å². The minimum absolute atomic E-state index is 0.227. The second-order valence-corrected chi connectivity index (χ2v) is 4.15. The summed E-state index contributed by atoms with van der Waals surface area (Å²) in [4.78, 5) is 11.2. The van der Waals surface area contributed by atoms with Gasteiger partial charge in [0.1, 0.15) is 12.0 Å². The van der Waals surface area contributed by atoms with Crippen molar-refractivity contribution in [3.63, 3.8) is 0 Å². The van der Waals surface area contributed by atoms with E-state index in [0.717, 1.165) is 18.8 Å². The number of hydrogen-bond acceptors (Lipinski definition) is 5. The predicted molar refractivity (Wildman–Crippen MR) is 60.7 cm³/mol. The molecular weight excluding hydrogens is 222 g/mol. The Bertz CT molecular complexity index is 388. The van der Waals surface area contributed by atoms with E-state index < -0.39 is 0 Å². The van der Waals surface area contributed by atoms with Crippen LogP contribution in [0.5, 0.6) is 0 Å². The van der Waals surface area contributed by atoms with Crippen LogP contribution in [-0.4, -0.2) is 31.8 Å². The molecule has 1 fully saturated rings. The monoisotopic (exact) mass is 239 g/mol. The number of rotatable bonds is 4. The molecule has 2 heterocycles. The second-order valence-electron chi connectivity index (χ2n) is 4.15. The zero-order valence-corrected chi connectivity index (χ0v) is 10.1. The van der Waals surface area contributed by atoms with E-state index in [1.165, 1.54) is 13.4 Å². The van der Waals surface area contributed by atoms with Crippen molar-refractivity contribution in [1.82, 2.24) is 5.32 Å². The molecule has 2 rings (SSSR count). The maximum absolute atomic E-state index is 11.2. The summed E-state index contributed by atoms with van der Waals surface area (Å²) in [5, 5.41) is 3.35. The molecule has 2 atom stereocenters. The molecule has 1 N–H and O–H groups in total. The average molecular weight is 239 g/mol. The second kappa shape index (κ2) is 5.33. The van der Waals surface area contributed by atoms with Gasteiger partial charge in [-0.05, 0) is 19.4 Å². The SMILES string of the molecule is COC(=O)c1coc(CNC2CCOC2C)c1. The van der Waals surface area contributed by atoms with Gasteiger partial charge in [0.2, 0.25) is 0 Å². The van der Waals surface area contributed by atoms with Crippen LogP contribution in [0.3, 0.4) is 0 Å². The summed E-state index contributed by atoms with van der Waals surface area (Å²) in [6.45, 7) is 3.44. The molecule has 0 aromatic carbocycles. The van der Waals surface area contributed by atoms with Crippen LogP contribution in [0.1, 0.15) is 29.5 Å². The van der Waals surface area contributed by atoms with Gasteiger partial charge in [-0.3, -0.25) is 0 Å². The van der Waals surface area contributed by atoms with Gasteiger partial charge in [-0.15, -0.1) is 0 Å². The van der Waals surface area contributed by atoms with E-state index in [1.54, 1.807) is 6.07 Å². The van der Waals surface area contributed by atoms with Crippen LogP contribution < -0.4 is 5.32 Å². The first kappa shape index (κ1) is 12.1. The van der Waals surface area contributed by atoms with Crippen LogP contribution in [0.4, 0.5) is 0 Å². The molecule has 1 aliphatic rings. The van der Waals surface area contributed by atoms with Crippen LogP contribution in [0.25, 0.3) is 0 Å². The Morgan fingerprint density at radius 2 is 2.47 bits per heavy atom. The molecule has 0 bridgehead atoms. The quantitative estimate of drug-likeness (QED) is 0.803.